The van der Waals surface area contributed by atoms with Crippen molar-refractivity contribution in [1.82, 2.24) is 5.32 Å². The van der Waals surface area contributed by atoms with E-state index in [1.807, 2.05) is 38.1 Å². The third-order valence-electron chi connectivity index (χ3n) is 2.93. The molecule has 0 saturated heterocycles. The van der Waals surface area contributed by atoms with Crippen molar-refractivity contribution < 1.29 is 9.84 Å². The molecule has 0 fully saturated rings. The van der Waals surface area contributed by atoms with Crippen LogP contribution in [0.25, 0.3) is 0 Å². The Morgan fingerprint density at radius 3 is 2.42 bits per heavy atom. The SMILES string of the molecule is CCCCCNCC(O)c1ccc(OC(C)C)cc1. The van der Waals surface area contributed by atoms with Gasteiger partial charge in [0.1, 0.15) is 5.75 Å². The van der Waals surface area contributed by atoms with E-state index in [0.717, 1.165) is 17.9 Å². The number of nitrogens with one attached hydrogen (secondary N) is 1. The molecule has 0 aliphatic heterocycles. The van der Waals surface area contributed by atoms with Gasteiger partial charge in [0, 0.05) is 6.54 Å². The summed E-state index contributed by atoms with van der Waals surface area (Å²) in [6, 6.07) is 7.68. The van der Waals surface area contributed by atoms with Gasteiger partial charge in [-0.1, -0.05) is 31.9 Å². The Labute approximate surface area is 117 Å². The number of hydrogen-bond acceptors (Lipinski definition) is 3. The summed E-state index contributed by atoms with van der Waals surface area (Å²) in [5, 5.41) is 13.3. The summed E-state index contributed by atoms with van der Waals surface area (Å²) in [6.07, 6.45) is 3.36. The van der Waals surface area contributed by atoms with E-state index in [2.05, 4.69) is 12.2 Å². The van der Waals surface area contributed by atoms with Crippen molar-refractivity contribution in [2.75, 3.05) is 13.1 Å². The monoisotopic (exact) mass is 265 g/mol. The largest absolute Gasteiger partial charge is 0.491 e. The number of ether oxygens (including phenoxy) is 1. The Morgan fingerprint density at radius 1 is 1.16 bits per heavy atom. The minimum absolute atomic E-state index is 0.177. The molecule has 0 saturated carbocycles. The molecule has 1 unspecified atom stereocenters. The zero-order valence-electron chi connectivity index (χ0n) is 12.4. The summed E-state index contributed by atoms with van der Waals surface area (Å²) in [5.41, 5.74) is 0.930. The molecule has 1 aromatic carbocycles. The van der Waals surface area contributed by atoms with Gasteiger partial charge in [-0.2, -0.15) is 0 Å². The number of hydrogen-bond donors (Lipinski definition) is 2. The molecule has 3 nitrogen and oxygen atoms in total. The van der Waals surface area contributed by atoms with Crippen molar-refractivity contribution >= 4 is 0 Å². The highest BCUT2D eigenvalue weighted by Crippen LogP contribution is 2.18. The van der Waals surface area contributed by atoms with E-state index >= 15 is 0 Å². The minimum Gasteiger partial charge on any atom is -0.491 e. The molecule has 3 heteroatoms. The number of aliphatic hydroxyl groups excluding tert-OH is 1. The standard InChI is InChI=1S/C16H27NO2/c1-4-5-6-11-17-12-16(18)14-7-9-15(10-8-14)19-13(2)3/h7-10,13,16-18H,4-6,11-12H2,1-3H3. The summed E-state index contributed by atoms with van der Waals surface area (Å²) in [6.45, 7) is 7.77. The van der Waals surface area contributed by atoms with Gasteiger partial charge < -0.3 is 15.2 Å². The lowest BCUT2D eigenvalue weighted by Crippen LogP contribution is -2.22. The van der Waals surface area contributed by atoms with Gasteiger partial charge in [-0.05, 0) is 44.5 Å². The number of rotatable bonds is 9. The second kappa shape index (κ2) is 8.94. The smallest absolute Gasteiger partial charge is 0.119 e. The third-order valence-corrected chi connectivity index (χ3v) is 2.93. The second-order valence-electron chi connectivity index (χ2n) is 5.16. The first-order chi connectivity index (χ1) is 9.13. The topological polar surface area (TPSA) is 41.5 Å². The summed E-state index contributed by atoms with van der Waals surface area (Å²) in [5.74, 6) is 0.849. The zero-order valence-corrected chi connectivity index (χ0v) is 12.4. The van der Waals surface area contributed by atoms with Crippen LogP contribution >= 0.6 is 0 Å². The van der Waals surface area contributed by atoms with Gasteiger partial charge in [0.25, 0.3) is 0 Å². The Kier molecular flexibility index (Phi) is 7.53. The summed E-state index contributed by atoms with van der Waals surface area (Å²) in [7, 11) is 0. The van der Waals surface area contributed by atoms with E-state index < -0.39 is 6.10 Å². The average Bonchev–Trinajstić information content (AvgIpc) is 2.38. The Hall–Kier alpha value is -1.06. The summed E-state index contributed by atoms with van der Waals surface area (Å²) in [4.78, 5) is 0. The van der Waals surface area contributed by atoms with Crippen molar-refractivity contribution in [2.24, 2.45) is 0 Å². The first kappa shape index (κ1) is 16.0. The van der Waals surface area contributed by atoms with E-state index in [9.17, 15) is 5.11 Å². The Morgan fingerprint density at radius 2 is 1.84 bits per heavy atom. The van der Waals surface area contributed by atoms with E-state index in [1.165, 1.54) is 19.3 Å². The van der Waals surface area contributed by atoms with E-state index in [1.54, 1.807) is 0 Å². The van der Waals surface area contributed by atoms with Gasteiger partial charge in [-0.25, -0.2) is 0 Å². The van der Waals surface area contributed by atoms with Crippen LogP contribution in [0.1, 0.15) is 51.7 Å². The summed E-state index contributed by atoms with van der Waals surface area (Å²) >= 11 is 0. The number of unbranched alkanes of at least 4 members (excludes halogenated alkanes) is 2. The molecular formula is C16H27NO2. The van der Waals surface area contributed by atoms with Crippen LogP contribution < -0.4 is 10.1 Å². The maximum absolute atomic E-state index is 10.0. The van der Waals surface area contributed by atoms with Gasteiger partial charge in [0.05, 0.1) is 12.2 Å². The first-order valence-electron chi connectivity index (χ1n) is 7.29. The third kappa shape index (κ3) is 6.60. The molecular weight excluding hydrogens is 238 g/mol. The van der Waals surface area contributed by atoms with E-state index in [4.69, 9.17) is 4.74 Å². The van der Waals surface area contributed by atoms with Crippen LogP contribution in [0.4, 0.5) is 0 Å². The van der Waals surface area contributed by atoms with Crippen LogP contribution in [0.15, 0.2) is 24.3 Å². The van der Waals surface area contributed by atoms with Crippen LogP contribution in [0.2, 0.25) is 0 Å². The van der Waals surface area contributed by atoms with E-state index in [0.29, 0.717) is 6.54 Å². The van der Waals surface area contributed by atoms with Crippen molar-refractivity contribution in [1.29, 1.82) is 0 Å². The zero-order chi connectivity index (χ0) is 14.1. The predicted octanol–water partition coefficient (Wildman–Crippen LogP) is 3.29. The number of aliphatic hydroxyl groups is 1. The van der Waals surface area contributed by atoms with Crippen LogP contribution in [0.5, 0.6) is 5.75 Å². The molecule has 0 bridgehead atoms. The lowest BCUT2D eigenvalue weighted by Gasteiger charge is -2.14. The second-order valence-corrected chi connectivity index (χ2v) is 5.16. The molecule has 1 atom stereocenters. The molecule has 0 aliphatic rings. The Balaban J connectivity index is 2.33. The lowest BCUT2D eigenvalue weighted by atomic mass is 10.1. The first-order valence-corrected chi connectivity index (χ1v) is 7.29. The maximum Gasteiger partial charge on any atom is 0.119 e. The molecule has 108 valence electrons. The van der Waals surface area contributed by atoms with Crippen molar-refractivity contribution in [3.8, 4) is 5.75 Å². The average molecular weight is 265 g/mol. The van der Waals surface area contributed by atoms with Crippen LogP contribution in [0, 0.1) is 0 Å². The van der Waals surface area contributed by atoms with Crippen LogP contribution in [0.3, 0.4) is 0 Å². The molecule has 0 aromatic heterocycles. The highest BCUT2D eigenvalue weighted by atomic mass is 16.5. The Bertz CT molecular complexity index is 335. The molecule has 0 heterocycles. The highest BCUT2D eigenvalue weighted by molar-refractivity contribution is 5.28. The summed E-state index contributed by atoms with van der Waals surface area (Å²) < 4.78 is 5.58. The fraction of sp³-hybridized carbons (Fsp3) is 0.625. The molecule has 2 N–H and O–H groups in total. The van der Waals surface area contributed by atoms with Crippen LogP contribution in [-0.4, -0.2) is 24.3 Å². The van der Waals surface area contributed by atoms with Gasteiger partial charge in [-0.15, -0.1) is 0 Å². The van der Waals surface area contributed by atoms with Gasteiger partial charge in [-0.3, -0.25) is 0 Å². The quantitative estimate of drug-likeness (QED) is 0.673. The normalized spacial score (nSPS) is 12.7. The fourth-order valence-corrected chi connectivity index (χ4v) is 1.90. The molecule has 0 spiro atoms. The fourth-order valence-electron chi connectivity index (χ4n) is 1.90. The van der Waals surface area contributed by atoms with Crippen LogP contribution in [-0.2, 0) is 0 Å². The van der Waals surface area contributed by atoms with Crippen molar-refractivity contribution in [3.63, 3.8) is 0 Å². The molecule has 0 amide bonds. The molecule has 1 aromatic rings. The molecule has 1 rings (SSSR count). The van der Waals surface area contributed by atoms with Gasteiger partial charge >= 0.3 is 0 Å². The minimum atomic E-state index is -0.449. The van der Waals surface area contributed by atoms with Gasteiger partial charge in [0.2, 0.25) is 0 Å². The number of benzene rings is 1. The van der Waals surface area contributed by atoms with E-state index in [-0.39, 0.29) is 6.10 Å². The van der Waals surface area contributed by atoms with Crippen molar-refractivity contribution in [2.45, 2.75) is 52.2 Å². The molecule has 0 radical (unpaired) electrons. The lowest BCUT2D eigenvalue weighted by molar-refractivity contribution is 0.174. The van der Waals surface area contributed by atoms with Crippen molar-refractivity contribution in [3.05, 3.63) is 29.8 Å². The predicted molar refractivity (Wildman–Crippen MR) is 79.6 cm³/mol. The highest BCUT2D eigenvalue weighted by Gasteiger charge is 2.07. The maximum atomic E-state index is 10.0. The van der Waals surface area contributed by atoms with Gasteiger partial charge in [0.15, 0.2) is 0 Å². The molecule has 19 heavy (non-hydrogen) atoms. The molecule has 0 aliphatic carbocycles.